The van der Waals surface area contributed by atoms with E-state index in [0.717, 1.165) is 11.3 Å². The van der Waals surface area contributed by atoms with Gasteiger partial charge in [0.2, 0.25) is 0 Å². The summed E-state index contributed by atoms with van der Waals surface area (Å²) in [6, 6.07) is 12.1. The third-order valence-corrected chi connectivity index (χ3v) is 5.45. The van der Waals surface area contributed by atoms with Gasteiger partial charge in [-0.3, -0.25) is 9.40 Å². The van der Waals surface area contributed by atoms with Crippen LogP contribution < -0.4 is 18.9 Å². The summed E-state index contributed by atoms with van der Waals surface area (Å²) >= 11 is 0. The van der Waals surface area contributed by atoms with E-state index in [1.54, 1.807) is 24.1 Å². The van der Waals surface area contributed by atoms with Crippen LogP contribution in [0.3, 0.4) is 0 Å². The van der Waals surface area contributed by atoms with Crippen LogP contribution in [0.5, 0.6) is 17.2 Å². The molecule has 1 N–H and O–H groups in total. The molecule has 1 heterocycles. The van der Waals surface area contributed by atoms with Crippen molar-refractivity contribution in [1.29, 1.82) is 0 Å². The molecule has 0 saturated heterocycles. The smallest absolute Gasteiger partial charge is 0.265 e. The summed E-state index contributed by atoms with van der Waals surface area (Å²) in [5.74, 6) is 1.44. The van der Waals surface area contributed by atoms with Crippen molar-refractivity contribution in [2.45, 2.75) is 11.4 Å². The molecule has 0 atom stereocenters. The van der Waals surface area contributed by atoms with Crippen LogP contribution in [0.25, 0.3) is 0 Å². The fourth-order valence-electron chi connectivity index (χ4n) is 2.67. The summed E-state index contributed by atoms with van der Waals surface area (Å²) in [5.41, 5.74) is 1.33. The first-order valence-corrected chi connectivity index (χ1v) is 9.83. The van der Waals surface area contributed by atoms with Crippen molar-refractivity contribution in [3.8, 4) is 17.2 Å². The van der Waals surface area contributed by atoms with Crippen LogP contribution in [-0.2, 0) is 16.6 Å². The Balaban J connectivity index is 1.78. The summed E-state index contributed by atoms with van der Waals surface area (Å²) in [7, 11) is 0.650. The number of hydrogen-bond donors (Lipinski definition) is 1. The highest BCUT2D eigenvalue weighted by molar-refractivity contribution is 7.92. The lowest BCUT2D eigenvalue weighted by Gasteiger charge is -2.11. The van der Waals surface area contributed by atoms with Crippen LogP contribution in [-0.4, -0.2) is 39.5 Å². The molecule has 0 amide bonds. The highest BCUT2D eigenvalue weighted by atomic mass is 32.2. The average Bonchev–Trinajstić information content (AvgIpc) is 3.13. The van der Waals surface area contributed by atoms with Crippen LogP contribution in [0, 0.1) is 0 Å². The Morgan fingerprint density at radius 2 is 1.75 bits per heavy atom. The van der Waals surface area contributed by atoms with Crippen LogP contribution in [0.1, 0.15) is 5.56 Å². The van der Waals surface area contributed by atoms with E-state index in [0.29, 0.717) is 18.0 Å². The standard InChI is InChI=1S/C19H21N3O5S/c1-25-16-6-4-5-14(9-16)12-22-13-15(11-20-22)21-28(23,24)19-8-7-17(26-2)10-18(19)27-3/h4-11,13,21H,12H2,1-3H3. The van der Waals surface area contributed by atoms with E-state index < -0.39 is 10.0 Å². The summed E-state index contributed by atoms with van der Waals surface area (Å²) in [6.45, 7) is 0.477. The predicted molar refractivity (Wildman–Crippen MR) is 105 cm³/mol. The first-order valence-electron chi connectivity index (χ1n) is 8.35. The SMILES string of the molecule is COc1cccc(Cn2cc(NS(=O)(=O)c3ccc(OC)cc3OC)cn2)c1. The summed E-state index contributed by atoms with van der Waals surface area (Å²) in [5, 5.41) is 4.21. The fraction of sp³-hybridized carbons (Fsp3) is 0.211. The monoisotopic (exact) mass is 403 g/mol. The van der Waals surface area contributed by atoms with Gasteiger partial charge in [0.1, 0.15) is 22.1 Å². The van der Waals surface area contributed by atoms with Gasteiger partial charge < -0.3 is 14.2 Å². The molecule has 0 bridgehead atoms. The molecule has 2 aromatic carbocycles. The molecule has 3 rings (SSSR count). The summed E-state index contributed by atoms with van der Waals surface area (Å²) in [6.07, 6.45) is 3.07. The van der Waals surface area contributed by atoms with Gasteiger partial charge in [-0.1, -0.05) is 12.1 Å². The van der Waals surface area contributed by atoms with Gasteiger partial charge in [-0.2, -0.15) is 5.10 Å². The molecule has 0 saturated carbocycles. The van der Waals surface area contributed by atoms with Gasteiger partial charge in [0.25, 0.3) is 10.0 Å². The molecule has 0 aliphatic heterocycles. The lowest BCUT2D eigenvalue weighted by molar-refractivity contribution is 0.386. The molecule has 0 spiro atoms. The first-order chi connectivity index (χ1) is 13.4. The molecule has 28 heavy (non-hydrogen) atoms. The van der Waals surface area contributed by atoms with Gasteiger partial charge in [0.15, 0.2) is 0 Å². The van der Waals surface area contributed by atoms with Crippen molar-refractivity contribution in [3.63, 3.8) is 0 Å². The Morgan fingerprint density at radius 1 is 1.00 bits per heavy atom. The van der Waals surface area contributed by atoms with Gasteiger partial charge in [0, 0.05) is 12.3 Å². The Hall–Kier alpha value is -3.20. The van der Waals surface area contributed by atoms with E-state index in [1.807, 2.05) is 24.3 Å². The number of ether oxygens (including phenoxy) is 3. The summed E-state index contributed by atoms with van der Waals surface area (Å²) in [4.78, 5) is 0.0105. The van der Waals surface area contributed by atoms with E-state index >= 15 is 0 Å². The lowest BCUT2D eigenvalue weighted by atomic mass is 10.2. The van der Waals surface area contributed by atoms with E-state index in [4.69, 9.17) is 14.2 Å². The molecule has 0 aliphatic carbocycles. The zero-order valence-corrected chi connectivity index (χ0v) is 16.6. The Bertz CT molecular complexity index is 1060. The van der Waals surface area contributed by atoms with Gasteiger partial charge in [0.05, 0.1) is 39.8 Å². The van der Waals surface area contributed by atoms with Gasteiger partial charge in [-0.25, -0.2) is 8.42 Å². The van der Waals surface area contributed by atoms with Crippen molar-refractivity contribution < 1.29 is 22.6 Å². The Morgan fingerprint density at radius 3 is 2.46 bits per heavy atom. The van der Waals surface area contributed by atoms with Crippen LogP contribution in [0.15, 0.2) is 59.8 Å². The maximum Gasteiger partial charge on any atom is 0.265 e. The van der Waals surface area contributed by atoms with Gasteiger partial charge in [-0.05, 0) is 29.8 Å². The number of methoxy groups -OCH3 is 3. The van der Waals surface area contributed by atoms with Crippen molar-refractivity contribution in [2.75, 3.05) is 26.1 Å². The van der Waals surface area contributed by atoms with Gasteiger partial charge >= 0.3 is 0 Å². The van der Waals surface area contributed by atoms with Crippen molar-refractivity contribution in [2.24, 2.45) is 0 Å². The predicted octanol–water partition coefficient (Wildman–Crippen LogP) is 2.76. The summed E-state index contributed by atoms with van der Waals surface area (Å²) < 4.78 is 45.1. The van der Waals surface area contributed by atoms with Crippen molar-refractivity contribution in [3.05, 3.63) is 60.4 Å². The number of rotatable bonds is 8. The number of nitrogens with one attached hydrogen (secondary N) is 1. The van der Waals surface area contributed by atoms with Crippen LogP contribution in [0.2, 0.25) is 0 Å². The molecule has 0 aliphatic rings. The molecule has 8 nitrogen and oxygen atoms in total. The topological polar surface area (TPSA) is 91.7 Å². The van der Waals surface area contributed by atoms with E-state index in [1.165, 1.54) is 32.5 Å². The maximum atomic E-state index is 12.7. The Labute approximate surface area is 163 Å². The lowest BCUT2D eigenvalue weighted by Crippen LogP contribution is -2.13. The van der Waals surface area contributed by atoms with Crippen molar-refractivity contribution >= 4 is 15.7 Å². The molecule has 0 unspecified atom stereocenters. The van der Waals surface area contributed by atoms with Crippen molar-refractivity contribution in [1.82, 2.24) is 9.78 Å². The molecule has 0 fully saturated rings. The number of sulfonamides is 1. The zero-order valence-electron chi connectivity index (χ0n) is 15.7. The minimum atomic E-state index is -3.86. The number of nitrogens with zero attached hydrogens (tertiary/aromatic N) is 2. The molecule has 1 aromatic heterocycles. The first kappa shape index (κ1) is 19.6. The second-order valence-corrected chi connectivity index (χ2v) is 7.55. The van der Waals surface area contributed by atoms with E-state index in [2.05, 4.69) is 9.82 Å². The number of benzene rings is 2. The minimum absolute atomic E-state index is 0.0105. The third-order valence-electron chi connectivity index (χ3n) is 4.02. The van der Waals surface area contributed by atoms with E-state index in [-0.39, 0.29) is 10.6 Å². The van der Waals surface area contributed by atoms with Crippen LogP contribution in [0.4, 0.5) is 5.69 Å². The largest absolute Gasteiger partial charge is 0.497 e. The zero-order chi connectivity index (χ0) is 20.1. The highest BCUT2D eigenvalue weighted by Gasteiger charge is 2.21. The molecule has 0 radical (unpaired) electrons. The third kappa shape index (κ3) is 4.37. The van der Waals surface area contributed by atoms with Crippen LogP contribution >= 0.6 is 0 Å². The molecule has 148 valence electrons. The number of aromatic nitrogens is 2. The molecule has 3 aromatic rings. The second-order valence-electron chi connectivity index (χ2n) is 5.90. The second kappa shape index (κ2) is 8.22. The molecular formula is C19H21N3O5S. The molecule has 9 heteroatoms. The quantitative estimate of drug-likeness (QED) is 0.622. The highest BCUT2D eigenvalue weighted by Crippen LogP contribution is 2.29. The Kier molecular flexibility index (Phi) is 5.74. The minimum Gasteiger partial charge on any atom is -0.497 e. The normalized spacial score (nSPS) is 11.1. The fourth-order valence-corrected chi connectivity index (χ4v) is 3.85. The number of hydrogen-bond acceptors (Lipinski definition) is 6. The van der Waals surface area contributed by atoms with E-state index in [9.17, 15) is 8.42 Å². The number of anilines is 1. The maximum absolute atomic E-state index is 12.7. The molecular weight excluding hydrogens is 382 g/mol. The average molecular weight is 403 g/mol. The van der Waals surface area contributed by atoms with Gasteiger partial charge in [-0.15, -0.1) is 0 Å².